The second kappa shape index (κ2) is 7.80. The predicted octanol–water partition coefficient (Wildman–Crippen LogP) is 6.67. The lowest BCUT2D eigenvalue weighted by molar-refractivity contribution is 0.178. The first kappa shape index (κ1) is 19.5. The van der Waals surface area contributed by atoms with Crippen molar-refractivity contribution in [2.45, 2.75) is 51.6 Å². The Balaban J connectivity index is 2.02. The molecule has 0 saturated heterocycles. The molecular formula is C22H28Cl2N2. The van der Waals surface area contributed by atoms with E-state index in [-0.39, 0.29) is 11.6 Å². The molecular weight excluding hydrogens is 363 g/mol. The van der Waals surface area contributed by atoms with Gasteiger partial charge >= 0.3 is 0 Å². The quantitative estimate of drug-likeness (QED) is 0.630. The summed E-state index contributed by atoms with van der Waals surface area (Å²) >= 11 is 12.3. The van der Waals surface area contributed by atoms with Gasteiger partial charge in [-0.1, -0.05) is 37.0 Å². The fourth-order valence-electron chi connectivity index (χ4n) is 4.16. The molecule has 2 nitrogen and oxygen atoms in total. The molecule has 0 spiro atoms. The van der Waals surface area contributed by atoms with E-state index in [9.17, 15) is 0 Å². The van der Waals surface area contributed by atoms with E-state index in [0.29, 0.717) is 11.8 Å². The Labute approximate surface area is 167 Å². The van der Waals surface area contributed by atoms with Gasteiger partial charge in [0.05, 0.1) is 5.54 Å². The lowest BCUT2D eigenvalue weighted by Crippen LogP contribution is -2.59. The van der Waals surface area contributed by atoms with Gasteiger partial charge in [-0.25, -0.2) is 0 Å². The van der Waals surface area contributed by atoms with Crippen molar-refractivity contribution in [3.05, 3.63) is 58.6 Å². The molecule has 0 aromatic heterocycles. The van der Waals surface area contributed by atoms with Crippen molar-refractivity contribution in [3.8, 4) is 0 Å². The van der Waals surface area contributed by atoms with Crippen molar-refractivity contribution in [2.75, 3.05) is 4.90 Å². The highest BCUT2D eigenvalue weighted by molar-refractivity contribution is 6.31. The molecule has 4 heteroatoms. The molecule has 1 saturated carbocycles. The fourth-order valence-corrected chi connectivity index (χ4v) is 4.42. The number of anilines is 2. The normalized spacial score (nSPS) is 26.1. The maximum Gasteiger partial charge on any atom is 0.0574 e. The number of nitrogens with two attached hydrogens (primary N) is 1. The minimum absolute atomic E-state index is 0.0926. The molecule has 26 heavy (non-hydrogen) atoms. The van der Waals surface area contributed by atoms with Gasteiger partial charge in [0.25, 0.3) is 0 Å². The molecule has 1 aliphatic rings. The maximum atomic E-state index is 6.78. The summed E-state index contributed by atoms with van der Waals surface area (Å²) in [5.74, 6) is 1.36. The zero-order valence-corrected chi connectivity index (χ0v) is 17.3. The molecule has 0 radical (unpaired) electrons. The zero-order chi connectivity index (χ0) is 18.9. The van der Waals surface area contributed by atoms with Gasteiger partial charge in [-0.15, -0.1) is 0 Å². The van der Waals surface area contributed by atoms with Crippen LogP contribution >= 0.6 is 23.2 Å². The van der Waals surface area contributed by atoms with Crippen LogP contribution in [0.3, 0.4) is 0 Å². The summed E-state index contributed by atoms with van der Waals surface area (Å²) in [6.07, 6.45) is 3.30. The summed E-state index contributed by atoms with van der Waals surface area (Å²) in [7, 11) is 0. The van der Waals surface area contributed by atoms with Gasteiger partial charge < -0.3 is 10.6 Å². The molecule has 0 bridgehead atoms. The van der Waals surface area contributed by atoms with Crippen LogP contribution in [0.4, 0.5) is 11.4 Å². The van der Waals surface area contributed by atoms with Gasteiger partial charge in [-0.2, -0.15) is 0 Å². The van der Waals surface area contributed by atoms with Crippen LogP contribution in [0.15, 0.2) is 48.5 Å². The van der Waals surface area contributed by atoms with Crippen molar-refractivity contribution in [3.63, 3.8) is 0 Å². The van der Waals surface area contributed by atoms with Crippen LogP contribution in [0.1, 0.15) is 40.0 Å². The molecule has 0 unspecified atom stereocenters. The topological polar surface area (TPSA) is 29.3 Å². The first-order valence-electron chi connectivity index (χ1n) is 9.38. The van der Waals surface area contributed by atoms with Crippen molar-refractivity contribution >= 4 is 34.6 Å². The third-order valence-electron chi connectivity index (χ3n) is 6.00. The SMILES string of the molecule is CC(C)[C@@H]1CC[C@@](C)(N(c2ccc(Cl)cc2)c2ccc(Cl)cc2)[C@H](N)C1. The van der Waals surface area contributed by atoms with E-state index in [4.69, 9.17) is 28.9 Å². The van der Waals surface area contributed by atoms with E-state index in [1.165, 1.54) is 6.42 Å². The summed E-state index contributed by atoms with van der Waals surface area (Å²) < 4.78 is 0. The summed E-state index contributed by atoms with van der Waals surface area (Å²) in [6.45, 7) is 6.89. The van der Waals surface area contributed by atoms with E-state index in [1.54, 1.807) is 0 Å². The summed E-state index contributed by atoms with van der Waals surface area (Å²) in [5, 5.41) is 1.48. The van der Waals surface area contributed by atoms with Gasteiger partial charge in [0, 0.05) is 27.5 Å². The largest absolute Gasteiger partial charge is 0.334 e. The van der Waals surface area contributed by atoms with Crippen molar-refractivity contribution in [1.82, 2.24) is 0 Å². The minimum Gasteiger partial charge on any atom is -0.334 e. The molecule has 1 fully saturated rings. The molecule has 1 aliphatic carbocycles. The molecule has 2 aromatic carbocycles. The Hall–Kier alpha value is -1.22. The molecule has 2 aromatic rings. The molecule has 0 amide bonds. The van der Waals surface area contributed by atoms with Crippen LogP contribution in [0.5, 0.6) is 0 Å². The lowest BCUT2D eigenvalue weighted by Gasteiger charge is -2.51. The van der Waals surface area contributed by atoms with Crippen LogP contribution in [-0.2, 0) is 0 Å². The van der Waals surface area contributed by atoms with Gasteiger partial charge in [-0.05, 0) is 86.6 Å². The Bertz CT molecular complexity index is 681. The highest BCUT2D eigenvalue weighted by Crippen LogP contribution is 2.44. The first-order valence-corrected chi connectivity index (χ1v) is 10.1. The van der Waals surface area contributed by atoms with E-state index in [1.807, 2.05) is 24.3 Å². The molecule has 0 aliphatic heterocycles. The summed E-state index contributed by atoms with van der Waals surface area (Å²) in [6, 6.07) is 16.1. The van der Waals surface area contributed by atoms with Crippen LogP contribution in [-0.4, -0.2) is 11.6 Å². The van der Waals surface area contributed by atoms with E-state index in [0.717, 1.165) is 34.3 Å². The smallest absolute Gasteiger partial charge is 0.0574 e. The Morgan fingerprint density at radius 1 is 0.962 bits per heavy atom. The lowest BCUT2D eigenvalue weighted by atomic mass is 9.69. The Kier molecular flexibility index (Phi) is 5.86. The molecule has 2 N–H and O–H groups in total. The molecule has 0 heterocycles. The van der Waals surface area contributed by atoms with E-state index >= 15 is 0 Å². The first-order chi connectivity index (χ1) is 12.3. The van der Waals surface area contributed by atoms with Gasteiger partial charge in [0.1, 0.15) is 0 Å². The van der Waals surface area contributed by atoms with Crippen molar-refractivity contribution < 1.29 is 0 Å². The Morgan fingerprint density at radius 3 is 1.81 bits per heavy atom. The number of rotatable bonds is 4. The third kappa shape index (κ3) is 3.88. The van der Waals surface area contributed by atoms with Crippen LogP contribution in [0, 0.1) is 11.8 Å². The molecule has 140 valence electrons. The third-order valence-corrected chi connectivity index (χ3v) is 6.50. The van der Waals surface area contributed by atoms with E-state index < -0.39 is 0 Å². The second-order valence-electron chi connectivity index (χ2n) is 8.03. The average Bonchev–Trinajstić information content (AvgIpc) is 2.61. The van der Waals surface area contributed by atoms with Crippen LogP contribution < -0.4 is 10.6 Å². The van der Waals surface area contributed by atoms with Crippen molar-refractivity contribution in [1.29, 1.82) is 0 Å². The zero-order valence-electron chi connectivity index (χ0n) is 15.8. The molecule has 3 atom stereocenters. The predicted molar refractivity (Wildman–Crippen MR) is 114 cm³/mol. The average molecular weight is 391 g/mol. The minimum atomic E-state index is -0.160. The summed E-state index contributed by atoms with van der Waals surface area (Å²) in [4.78, 5) is 2.38. The monoisotopic (exact) mass is 390 g/mol. The number of benzene rings is 2. The second-order valence-corrected chi connectivity index (χ2v) is 8.90. The van der Waals surface area contributed by atoms with E-state index in [2.05, 4.69) is 49.9 Å². The van der Waals surface area contributed by atoms with Crippen molar-refractivity contribution in [2.24, 2.45) is 17.6 Å². The maximum absolute atomic E-state index is 6.78. The Morgan fingerprint density at radius 2 is 1.42 bits per heavy atom. The van der Waals surface area contributed by atoms with Gasteiger partial charge in [0.15, 0.2) is 0 Å². The van der Waals surface area contributed by atoms with Gasteiger partial charge in [0.2, 0.25) is 0 Å². The van der Waals surface area contributed by atoms with Gasteiger partial charge in [-0.3, -0.25) is 0 Å². The number of hydrogen-bond acceptors (Lipinski definition) is 2. The summed E-state index contributed by atoms with van der Waals surface area (Å²) in [5.41, 5.74) is 8.84. The highest BCUT2D eigenvalue weighted by atomic mass is 35.5. The fraction of sp³-hybridized carbons (Fsp3) is 0.455. The number of nitrogens with zero attached hydrogens (tertiary/aromatic N) is 1. The highest BCUT2D eigenvalue weighted by Gasteiger charge is 2.43. The molecule has 3 rings (SSSR count). The van der Waals surface area contributed by atoms with Crippen LogP contribution in [0.2, 0.25) is 10.0 Å². The van der Waals surface area contributed by atoms with Crippen LogP contribution in [0.25, 0.3) is 0 Å². The number of hydrogen-bond donors (Lipinski definition) is 1. The standard InChI is InChI=1S/C22H28Cl2N2/c1-15(2)16-12-13-22(3,21(25)14-16)26(19-8-4-17(23)5-9-19)20-10-6-18(24)7-11-20/h4-11,15-16,21H,12-14,25H2,1-3H3/t16-,21-,22-/m1/s1. The number of halogens is 2.